The maximum Gasteiger partial charge on any atom is 0.104 e. The molecule has 0 radical (unpaired) electrons. The van der Waals surface area contributed by atoms with Crippen molar-refractivity contribution in [2.24, 2.45) is 11.1 Å². The highest BCUT2D eigenvalue weighted by atomic mass is 32.2. The van der Waals surface area contributed by atoms with Crippen molar-refractivity contribution < 1.29 is 8.37 Å². The van der Waals surface area contributed by atoms with Gasteiger partial charge in [0.25, 0.3) is 0 Å². The highest BCUT2D eigenvalue weighted by molar-refractivity contribution is 7.95. The van der Waals surface area contributed by atoms with Crippen molar-refractivity contribution in [1.29, 1.82) is 5.26 Å². The molecule has 0 unspecified atom stereocenters. The summed E-state index contributed by atoms with van der Waals surface area (Å²) in [5.41, 5.74) is 7.80. The summed E-state index contributed by atoms with van der Waals surface area (Å²) in [5, 5.41) is 9.37. The van der Waals surface area contributed by atoms with Gasteiger partial charge in [0.2, 0.25) is 0 Å². The first kappa shape index (κ1) is 22.2. The number of nitrogens with two attached hydrogens (primary N) is 1. The van der Waals surface area contributed by atoms with Crippen LogP contribution in [-0.4, -0.2) is 18.8 Å². The van der Waals surface area contributed by atoms with E-state index in [9.17, 15) is 5.26 Å². The van der Waals surface area contributed by atoms with Crippen LogP contribution in [0.5, 0.6) is 0 Å². The minimum Gasteiger partial charge on any atom is -0.313 e. The predicted octanol–water partition coefficient (Wildman–Crippen LogP) is 5.83. The molecule has 0 amide bonds. The Kier molecular flexibility index (Phi) is 7.66. The number of nitriles is 1. The highest BCUT2D eigenvalue weighted by Gasteiger charge is 2.42. The fourth-order valence-corrected chi connectivity index (χ4v) is 4.69. The summed E-state index contributed by atoms with van der Waals surface area (Å²) < 4.78 is 12.1. The van der Waals surface area contributed by atoms with E-state index in [4.69, 9.17) is 14.1 Å². The van der Waals surface area contributed by atoms with E-state index in [1.165, 1.54) is 35.2 Å². The number of rotatable bonds is 8. The fraction of sp³-hybridized carbons (Fsp3) is 0.435. The second-order valence-electron chi connectivity index (χ2n) is 8.09. The van der Waals surface area contributed by atoms with Crippen LogP contribution in [0, 0.1) is 30.6 Å². The largest absolute Gasteiger partial charge is 0.313 e. The molecular formula is C23H28N2O2S2. The zero-order valence-corrected chi connectivity index (χ0v) is 18.7. The third kappa shape index (κ3) is 6.50. The Morgan fingerprint density at radius 3 is 1.62 bits per heavy atom. The van der Waals surface area contributed by atoms with Crippen LogP contribution in [0.3, 0.4) is 0 Å². The molecule has 0 spiro atoms. The van der Waals surface area contributed by atoms with Gasteiger partial charge >= 0.3 is 0 Å². The minimum absolute atomic E-state index is 0.130. The predicted molar refractivity (Wildman–Crippen MR) is 119 cm³/mol. The lowest BCUT2D eigenvalue weighted by molar-refractivity contribution is 0.0462. The molecule has 2 aromatic rings. The van der Waals surface area contributed by atoms with Gasteiger partial charge in [0, 0.05) is 39.3 Å². The second kappa shape index (κ2) is 10.0. The molecular weight excluding hydrogens is 400 g/mol. The molecule has 0 bridgehead atoms. The van der Waals surface area contributed by atoms with Crippen molar-refractivity contribution in [3.05, 3.63) is 59.7 Å². The van der Waals surface area contributed by atoms with Gasteiger partial charge in [-0.1, -0.05) is 35.4 Å². The lowest BCUT2D eigenvalue weighted by Gasteiger charge is -2.41. The average molecular weight is 429 g/mol. The molecule has 1 aliphatic rings. The van der Waals surface area contributed by atoms with Crippen molar-refractivity contribution in [1.82, 2.24) is 0 Å². The summed E-state index contributed by atoms with van der Waals surface area (Å²) in [6, 6.07) is 18.9. The number of benzene rings is 2. The van der Waals surface area contributed by atoms with Gasteiger partial charge in [-0.05, 0) is 63.8 Å². The van der Waals surface area contributed by atoms with Crippen LogP contribution < -0.4 is 5.73 Å². The van der Waals surface area contributed by atoms with Crippen molar-refractivity contribution in [2.75, 3.05) is 13.2 Å². The molecule has 2 aromatic carbocycles. The number of aryl methyl sites for hydroxylation is 2. The first-order valence-electron chi connectivity index (χ1n) is 9.85. The van der Waals surface area contributed by atoms with Crippen molar-refractivity contribution in [3.8, 4) is 6.07 Å². The van der Waals surface area contributed by atoms with Gasteiger partial charge in [0.1, 0.15) is 5.54 Å². The Hall–Kier alpha value is -1.49. The Balaban J connectivity index is 1.58. The van der Waals surface area contributed by atoms with E-state index < -0.39 is 5.54 Å². The molecule has 1 fully saturated rings. The molecule has 0 aromatic heterocycles. The van der Waals surface area contributed by atoms with Crippen LogP contribution in [0.25, 0.3) is 0 Å². The third-order valence-corrected chi connectivity index (χ3v) is 6.91. The quantitative estimate of drug-likeness (QED) is 0.533. The summed E-state index contributed by atoms with van der Waals surface area (Å²) in [7, 11) is 0. The van der Waals surface area contributed by atoms with Crippen LogP contribution in [0.15, 0.2) is 58.3 Å². The van der Waals surface area contributed by atoms with Gasteiger partial charge in [-0.3, -0.25) is 0 Å². The average Bonchev–Trinajstić information content (AvgIpc) is 2.73. The van der Waals surface area contributed by atoms with Crippen molar-refractivity contribution in [2.45, 2.75) is 54.9 Å². The molecule has 1 saturated carbocycles. The summed E-state index contributed by atoms with van der Waals surface area (Å²) in [5.74, 6) is 0. The normalized spacial score (nSPS) is 17.6. The molecule has 0 saturated heterocycles. The lowest BCUT2D eigenvalue weighted by atomic mass is 9.69. The van der Waals surface area contributed by atoms with Gasteiger partial charge in [-0.15, -0.1) is 0 Å². The Morgan fingerprint density at radius 2 is 1.24 bits per heavy atom. The fourth-order valence-electron chi connectivity index (χ4n) is 3.30. The Labute approximate surface area is 182 Å². The second-order valence-corrected chi connectivity index (χ2v) is 9.83. The maximum absolute atomic E-state index is 9.37. The number of hydrogen-bond donors (Lipinski definition) is 1. The molecule has 154 valence electrons. The van der Waals surface area contributed by atoms with Gasteiger partial charge in [-0.25, -0.2) is 0 Å². The van der Waals surface area contributed by atoms with Crippen LogP contribution in [0.2, 0.25) is 0 Å². The smallest absolute Gasteiger partial charge is 0.104 e. The number of hydrogen-bond acceptors (Lipinski definition) is 6. The summed E-state index contributed by atoms with van der Waals surface area (Å²) >= 11 is 2.80. The number of nitrogens with zero attached hydrogens (tertiary/aromatic N) is 1. The van der Waals surface area contributed by atoms with E-state index >= 15 is 0 Å². The van der Waals surface area contributed by atoms with Crippen molar-refractivity contribution in [3.63, 3.8) is 0 Å². The van der Waals surface area contributed by atoms with Crippen LogP contribution >= 0.6 is 24.1 Å². The van der Waals surface area contributed by atoms with Gasteiger partial charge < -0.3 is 14.1 Å². The summed E-state index contributed by atoms with van der Waals surface area (Å²) in [4.78, 5) is 2.17. The van der Waals surface area contributed by atoms with E-state index in [0.717, 1.165) is 22.6 Å². The van der Waals surface area contributed by atoms with Crippen molar-refractivity contribution >= 4 is 24.1 Å². The molecule has 4 nitrogen and oxygen atoms in total. The highest BCUT2D eigenvalue weighted by Crippen LogP contribution is 2.42. The molecule has 0 atom stereocenters. The van der Waals surface area contributed by atoms with Gasteiger partial charge in [0.15, 0.2) is 0 Å². The van der Waals surface area contributed by atoms with E-state index in [1.807, 2.05) is 0 Å². The third-order valence-electron chi connectivity index (χ3n) is 5.51. The van der Waals surface area contributed by atoms with E-state index in [2.05, 4.69) is 68.4 Å². The van der Waals surface area contributed by atoms with E-state index in [0.29, 0.717) is 26.1 Å². The van der Waals surface area contributed by atoms with Gasteiger partial charge in [-0.2, -0.15) is 5.26 Å². The molecule has 2 N–H and O–H groups in total. The summed E-state index contributed by atoms with van der Waals surface area (Å²) in [6.45, 7) is 5.29. The standard InChI is InChI=1S/C23H28N2O2S2/c1-18-3-7-20(8-4-18)28-26-16-22(11-13-23(25,15-24)14-12-22)17-27-29-21-9-5-19(2)6-10-21/h3-10H,11-14,16-17,25H2,1-2H3. The topological polar surface area (TPSA) is 68.3 Å². The maximum atomic E-state index is 9.37. The Bertz CT molecular complexity index is 770. The molecule has 1 aliphatic carbocycles. The minimum atomic E-state index is -0.725. The lowest BCUT2D eigenvalue weighted by Crippen LogP contribution is -2.47. The first-order valence-corrected chi connectivity index (χ1v) is 11.3. The molecule has 6 heteroatoms. The van der Waals surface area contributed by atoms with Crippen LogP contribution in [0.1, 0.15) is 36.8 Å². The summed E-state index contributed by atoms with van der Waals surface area (Å²) in [6.07, 6.45) is 2.97. The van der Waals surface area contributed by atoms with Crippen LogP contribution in [-0.2, 0) is 8.37 Å². The zero-order chi connectivity index (χ0) is 20.7. The molecule has 29 heavy (non-hydrogen) atoms. The van der Waals surface area contributed by atoms with Crippen LogP contribution in [0.4, 0.5) is 0 Å². The molecule has 3 rings (SSSR count). The SMILES string of the molecule is Cc1ccc(SOCC2(COSc3ccc(C)cc3)CCC(N)(C#N)CC2)cc1. The van der Waals surface area contributed by atoms with E-state index in [1.54, 1.807) is 0 Å². The van der Waals surface area contributed by atoms with E-state index in [-0.39, 0.29) is 5.41 Å². The Morgan fingerprint density at radius 1 is 0.828 bits per heavy atom. The molecule has 0 aliphatic heterocycles. The monoisotopic (exact) mass is 428 g/mol. The first-order chi connectivity index (χ1) is 13.9. The zero-order valence-electron chi connectivity index (χ0n) is 17.0. The molecule has 0 heterocycles. The van der Waals surface area contributed by atoms with Gasteiger partial charge in [0.05, 0.1) is 19.3 Å².